The molecule has 5 N–H and O–H groups in total. The number of carbonyl (C=O) groups is 2. The van der Waals surface area contributed by atoms with E-state index in [2.05, 4.69) is 49.2 Å². The lowest BCUT2D eigenvalue weighted by Crippen LogP contribution is -2.35. The van der Waals surface area contributed by atoms with Crippen LogP contribution in [-0.2, 0) is 12.8 Å². The second-order valence-electron chi connectivity index (χ2n) is 13.2. The largest absolute Gasteiger partial charge is 0.477 e. The summed E-state index contributed by atoms with van der Waals surface area (Å²) in [6.45, 7) is 10.2. The number of fused-ring (bicyclic) bond motifs is 2. The highest BCUT2D eigenvalue weighted by Crippen LogP contribution is 2.38. The molecule has 0 unspecified atom stereocenters. The van der Waals surface area contributed by atoms with Crippen LogP contribution in [0.5, 0.6) is 0 Å². The zero-order chi connectivity index (χ0) is 30.1. The summed E-state index contributed by atoms with van der Waals surface area (Å²) in [4.78, 5) is 34.6. The summed E-state index contributed by atoms with van der Waals surface area (Å²) in [6.07, 6.45) is 7.82. The number of carbonyl (C=O) groups excluding carboxylic acids is 1. The summed E-state index contributed by atoms with van der Waals surface area (Å²) >= 11 is 2.73. The van der Waals surface area contributed by atoms with E-state index in [0.29, 0.717) is 15.7 Å². The van der Waals surface area contributed by atoms with Gasteiger partial charge in [-0.3, -0.25) is 4.79 Å². The van der Waals surface area contributed by atoms with Crippen LogP contribution in [-0.4, -0.2) is 46.5 Å². The molecule has 234 valence electrons. The van der Waals surface area contributed by atoms with Crippen LogP contribution >= 0.6 is 22.7 Å². The Morgan fingerprint density at radius 2 is 1.80 bits per heavy atom. The van der Waals surface area contributed by atoms with Crippen LogP contribution in [0.1, 0.15) is 95.1 Å². The lowest BCUT2D eigenvalue weighted by molar-refractivity contribution is 0.0701. The maximum Gasteiger partial charge on any atom is 0.345 e. The van der Waals surface area contributed by atoms with Crippen molar-refractivity contribution in [2.45, 2.75) is 71.8 Å². The maximum atomic E-state index is 13.7. The lowest BCUT2D eigenvalue weighted by Gasteiger charge is -2.34. The molecule has 1 saturated heterocycles. The molecule has 0 saturated carbocycles. The number of carboxylic acid groups (broad SMARTS) is 1. The fourth-order valence-electron chi connectivity index (χ4n) is 6.53. The number of aromatic carboxylic acids is 1. The average Bonchev–Trinajstić information content (AvgIpc) is 3.66. The van der Waals surface area contributed by atoms with Gasteiger partial charge in [-0.2, -0.15) is 0 Å². The van der Waals surface area contributed by atoms with E-state index in [0.717, 1.165) is 65.8 Å². The fourth-order valence-corrected chi connectivity index (χ4v) is 8.22. The van der Waals surface area contributed by atoms with E-state index in [9.17, 15) is 14.7 Å². The van der Waals surface area contributed by atoms with Gasteiger partial charge in [-0.15, -0.1) is 22.7 Å². The third-order valence-electron chi connectivity index (χ3n) is 9.27. The van der Waals surface area contributed by atoms with Crippen LogP contribution in [0.2, 0.25) is 0 Å². The van der Waals surface area contributed by atoms with Crippen molar-refractivity contribution in [3.8, 4) is 11.1 Å². The van der Waals surface area contributed by atoms with Crippen LogP contribution in [0.25, 0.3) is 21.3 Å². The molecule has 0 spiro atoms. The summed E-state index contributed by atoms with van der Waals surface area (Å²) in [6, 6.07) is 14.1. The molecule has 7 nitrogen and oxygen atoms in total. The topological polar surface area (TPSA) is 118 Å². The van der Waals surface area contributed by atoms with Crippen LogP contribution in [0.4, 0.5) is 0 Å². The lowest BCUT2D eigenvalue weighted by atomic mass is 9.71. The Kier molecular flexibility index (Phi) is 9.89. The summed E-state index contributed by atoms with van der Waals surface area (Å²) in [5, 5.41) is 15.6. The Morgan fingerprint density at radius 3 is 2.48 bits per heavy atom. The molecule has 6 rings (SSSR count). The van der Waals surface area contributed by atoms with Gasteiger partial charge in [0.05, 0.1) is 10.9 Å². The first-order valence-corrected chi connectivity index (χ1v) is 17.2. The smallest absolute Gasteiger partial charge is 0.345 e. The molecule has 3 aromatic heterocycles. The van der Waals surface area contributed by atoms with E-state index in [-0.39, 0.29) is 23.5 Å². The molecular formula is C35H44N4O3S2. The Labute approximate surface area is 268 Å². The van der Waals surface area contributed by atoms with Crippen molar-refractivity contribution in [1.82, 2.24) is 21.4 Å². The molecule has 0 radical (unpaired) electrons. The Balaban J connectivity index is 0.00000384. The van der Waals surface area contributed by atoms with Gasteiger partial charge < -0.3 is 21.5 Å². The van der Waals surface area contributed by atoms with Crippen molar-refractivity contribution >= 4 is 44.8 Å². The Bertz CT molecular complexity index is 1610. The molecule has 4 aromatic rings. The molecule has 2 aliphatic rings. The second-order valence-corrected chi connectivity index (χ2v) is 15.2. The number of benzene rings is 1. The number of carboxylic acids is 1. The molecule has 9 heteroatoms. The first-order chi connectivity index (χ1) is 20.6. The summed E-state index contributed by atoms with van der Waals surface area (Å²) in [7, 11) is 0. The van der Waals surface area contributed by atoms with Gasteiger partial charge in [0.2, 0.25) is 0 Å². The van der Waals surface area contributed by atoms with Crippen LogP contribution < -0.4 is 11.5 Å². The predicted molar refractivity (Wildman–Crippen MR) is 181 cm³/mol. The average molecular weight is 633 g/mol. The van der Waals surface area contributed by atoms with Crippen molar-refractivity contribution in [1.29, 1.82) is 0 Å². The van der Waals surface area contributed by atoms with Gasteiger partial charge in [0.1, 0.15) is 9.71 Å². The highest BCUT2D eigenvalue weighted by molar-refractivity contribution is 7.20. The molecule has 2 atom stereocenters. The van der Waals surface area contributed by atoms with E-state index >= 15 is 0 Å². The molecule has 1 aliphatic carbocycles. The molecule has 44 heavy (non-hydrogen) atoms. The number of rotatable bonds is 8. The van der Waals surface area contributed by atoms with Crippen LogP contribution in [0.3, 0.4) is 0 Å². The van der Waals surface area contributed by atoms with Crippen molar-refractivity contribution in [3.63, 3.8) is 0 Å². The van der Waals surface area contributed by atoms with E-state index < -0.39 is 5.97 Å². The number of hydrogen-bond donors (Lipinski definition) is 3. The first kappa shape index (κ1) is 32.3. The predicted octanol–water partition coefficient (Wildman–Crippen LogP) is 8.38. The minimum atomic E-state index is -0.904. The highest BCUT2D eigenvalue weighted by Gasteiger charge is 2.30. The minimum absolute atomic E-state index is 0. The van der Waals surface area contributed by atoms with Crippen LogP contribution in [0.15, 0.2) is 47.8 Å². The quantitative estimate of drug-likeness (QED) is 0.180. The minimum Gasteiger partial charge on any atom is -0.477 e. The monoisotopic (exact) mass is 632 g/mol. The van der Waals surface area contributed by atoms with Crippen LogP contribution in [0, 0.1) is 11.3 Å². The molecule has 1 amide bonds. The first-order valence-electron chi connectivity index (χ1n) is 15.5. The molecule has 0 bridgehead atoms. The molecule has 1 fully saturated rings. The number of likely N-dealkylation sites (tertiary alicyclic amines) is 1. The summed E-state index contributed by atoms with van der Waals surface area (Å²) in [5.74, 6) is -0.309. The summed E-state index contributed by atoms with van der Waals surface area (Å²) < 4.78 is 0. The fraction of sp³-hybridized carbons (Fsp3) is 0.457. The molecule has 1 aliphatic heterocycles. The van der Waals surface area contributed by atoms with Gasteiger partial charge in [0.15, 0.2) is 0 Å². The number of aromatic nitrogens is 1. The number of aryl methyl sites for hydroxylation is 1. The van der Waals surface area contributed by atoms with E-state index in [1.807, 2.05) is 23.6 Å². The van der Waals surface area contributed by atoms with Crippen molar-refractivity contribution in [3.05, 3.63) is 74.4 Å². The number of piperidine rings is 1. The molecule has 1 aromatic carbocycles. The summed E-state index contributed by atoms with van der Waals surface area (Å²) in [5.41, 5.74) is 5.75. The number of thiophene rings is 2. The number of amides is 1. The molecule has 4 heterocycles. The maximum absolute atomic E-state index is 13.7. The Hall–Kier alpha value is -3.11. The van der Waals surface area contributed by atoms with Gasteiger partial charge >= 0.3 is 5.97 Å². The normalized spacial score (nSPS) is 17.9. The number of pyridine rings is 1. The third kappa shape index (κ3) is 7.23. The van der Waals surface area contributed by atoms with Crippen molar-refractivity contribution in [2.24, 2.45) is 11.3 Å². The third-order valence-corrected chi connectivity index (χ3v) is 11.2. The number of hydrogen-bond acceptors (Lipinski definition) is 7. The number of nitrogens with zero attached hydrogens (tertiary/aromatic N) is 2. The van der Waals surface area contributed by atoms with Gasteiger partial charge in [0, 0.05) is 17.6 Å². The molecular weight excluding hydrogens is 589 g/mol. The van der Waals surface area contributed by atoms with Gasteiger partial charge in [-0.05, 0) is 109 Å². The second kappa shape index (κ2) is 13.5. The van der Waals surface area contributed by atoms with Gasteiger partial charge in [0.25, 0.3) is 5.91 Å². The van der Waals surface area contributed by atoms with Gasteiger partial charge in [-0.1, -0.05) is 51.5 Å². The Morgan fingerprint density at radius 1 is 1.05 bits per heavy atom. The highest BCUT2D eigenvalue weighted by atomic mass is 32.1. The van der Waals surface area contributed by atoms with E-state index in [1.165, 1.54) is 59.6 Å². The number of nitrogens with one attached hydrogen (secondary N) is 1. The zero-order valence-electron chi connectivity index (χ0n) is 26.0. The van der Waals surface area contributed by atoms with E-state index in [4.69, 9.17) is 4.98 Å². The SMILES string of the molecule is CC(C)(C)[C@H]1CCc2nc3sc(C(=O)N[C@H](CCN4CCCCC4)c4ccc(-c5csc(C(=O)O)c5)cc4)cc3cc2C1.N. The standard InChI is InChI=1S/C35H41N3O3S2.H3N/c1-35(2,3)27-11-12-28-24(18-27)17-25-19-30(43-33(25)37-28)32(39)36-29(13-16-38-14-5-4-6-15-38)23-9-7-22(8-10-23)26-20-31(34(40)41)42-21-26;/h7-10,17,19-21,27,29H,4-6,11-16,18H2,1-3H3,(H,36,39)(H,40,41);1H3/t27-,29+;/m0./s1. The zero-order valence-corrected chi connectivity index (χ0v) is 27.7. The van der Waals surface area contributed by atoms with Crippen molar-refractivity contribution in [2.75, 3.05) is 19.6 Å². The van der Waals surface area contributed by atoms with Crippen molar-refractivity contribution < 1.29 is 14.7 Å². The van der Waals surface area contributed by atoms with E-state index in [1.54, 1.807) is 6.07 Å². The van der Waals surface area contributed by atoms with Gasteiger partial charge in [-0.25, -0.2) is 9.78 Å².